The molecule has 0 saturated heterocycles. The summed E-state index contributed by atoms with van der Waals surface area (Å²) >= 11 is 0. The summed E-state index contributed by atoms with van der Waals surface area (Å²) in [7, 11) is 1.62. The van der Waals surface area contributed by atoms with Gasteiger partial charge in [-0.15, -0.1) is 37.2 Å². The number of halogens is 3. The SMILES string of the molecule is COc1cc(NC(C)CCCNC(=O)CC[C@@H](NC(=O)[C@@H](N)CCCN=C(N)N)C(=O)O)c2ncccc2c1.Cl.Cl.Cl. The lowest BCUT2D eigenvalue weighted by Gasteiger charge is -2.18. The van der Waals surface area contributed by atoms with Gasteiger partial charge < -0.3 is 43.0 Å². The Morgan fingerprint density at radius 2 is 1.81 bits per heavy atom. The maximum Gasteiger partial charge on any atom is 0.326 e. The first-order chi connectivity index (χ1) is 18.6. The predicted octanol–water partition coefficient (Wildman–Crippen LogP) is 1.94. The Balaban J connectivity index is 0. The molecule has 13 nitrogen and oxygen atoms in total. The molecule has 0 aliphatic carbocycles. The molecule has 0 saturated carbocycles. The zero-order chi connectivity index (χ0) is 28.8. The molecule has 2 aromatic rings. The minimum absolute atomic E-state index is 0. The van der Waals surface area contributed by atoms with Gasteiger partial charge in [0.05, 0.1) is 24.4 Å². The van der Waals surface area contributed by atoms with Gasteiger partial charge in [0.2, 0.25) is 11.8 Å². The van der Waals surface area contributed by atoms with E-state index in [1.165, 1.54) is 0 Å². The van der Waals surface area contributed by atoms with E-state index in [4.69, 9.17) is 21.9 Å². The van der Waals surface area contributed by atoms with Gasteiger partial charge in [-0.25, -0.2) is 4.79 Å². The number of rotatable bonds is 17. The first-order valence-electron chi connectivity index (χ1n) is 12.9. The van der Waals surface area contributed by atoms with Crippen LogP contribution in [-0.4, -0.2) is 72.2 Å². The number of nitrogens with two attached hydrogens (primary N) is 3. The first kappa shape index (κ1) is 40.9. The van der Waals surface area contributed by atoms with E-state index in [2.05, 4.69) is 25.9 Å². The molecular formula is C26H43Cl3N8O5. The number of ether oxygens (including phenoxy) is 1. The Hall–Kier alpha value is -3.26. The summed E-state index contributed by atoms with van der Waals surface area (Å²) in [5.41, 5.74) is 18.0. The van der Waals surface area contributed by atoms with Crippen molar-refractivity contribution in [3.63, 3.8) is 0 Å². The van der Waals surface area contributed by atoms with Gasteiger partial charge in [0.1, 0.15) is 11.8 Å². The number of methoxy groups -OCH3 is 1. The minimum atomic E-state index is -1.23. The summed E-state index contributed by atoms with van der Waals surface area (Å²) in [5.74, 6) is -1.45. The number of nitrogens with one attached hydrogen (secondary N) is 3. The van der Waals surface area contributed by atoms with Gasteiger partial charge in [-0.1, -0.05) is 6.07 Å². The van der Waals surface area contributed by atoms with Crippen LogP contribution in [0.25, 0.3) is 10.9 Å². The topological polar surface area (TPSA) is 220 Å². The van der Waals surface area contributed by atoms with Crippen LogP contribution in [0.2, 0.25) is 0 Å². The Labute approximate surface area is 264 Å². The molecule has 0 bridgehead atoms. The van der Waals surface area contributed by atoms with Crippen molar-refractivity contribution in [3.8, 4) is 5.75 Å². The number of aromatic nitrogens is 1. The van der Waals surface area contributed by atoms with Crippen molar-refractivity contribution in [2.45, 2.75) is 63.6 Å². The summed E-state index contributed by atoms with van der Waals surface area (Å²) in [5, 5.41) is 19.1. The second-order valence-electron chi connectivity index (χ2n) is 9.28. The number of carbonyl (C=O) groups excluding carboxylic acids is 2. The van der Waals surface area contributed by atoms with Crippen molar-refractivity contribution in [2.24, 2.45) is 22.2 Å². The van der Waals surface area contributed by atoms with E-state index in [1.807, 2.05) is 31.2 Å². The van der Waals surface area contributed by atoms with Crippen LogP contribution >= 0.6 is 37.2 Å². The number of hydrogen-bond donors (Lipinski definition) is 7. The average Bonchev–Trinajstić information content (AvgIpc) is 2.90. The molecule has 0 fully saturated rings. The Morgan fingerprint density at radius 3 is 2.45 bits per heavy atom. The highest BCUT2D eigenvalue weighted by molar-refractivity contribution is 5.92. The van der Waals surface area contributed by atoms with E-state index in [1.54, 1.807) is 13.3 Å². The lowest BCUT2D eigenvalue weighted by atomic mass is 10.1. The van der Waals surface area contributed by atoms with Gasteiger partial charge in [-0.3, -0.25) is 19.6 Å². The van der Waals surface area contributed by atoms with Gasteiger partial charge in [0.25, 0.3) is 0 Å². The lowest BCUT2D eigenvalue weighted by molar-refractivity contribution is -0.142. The number of hydrogen-bond acceptors (Lipinski definition) is 8. The second-order valence-corrected chi connectivity index (χ2v) is 9.28. The highest BCUT2D eigenvalue weighted by Crippen LogP contribution is 2.28. The van der Waals surface area contributed by atoms with Gasteiger partial charge in [-0.05, 0) is 51.2 Å². The normalized spacial score (nSPS) is 12.2. The van der Waals surface area contributed by atoms with Crippen LogP contribution in [0.15, 0.2) is 35.5 Å². The molecule has 3 atom stereocenters. The molecule has 1 aromatic heterocycles. The minimum Gasteiger partial charge on any atom is -0.497 e. The molecule has 0 aliphatic heterocycles. The summed E-state index contributed by atoms with van der Waals surface area (Å²) in [6.07, 6.45) is 3.88. The van der Waals surface area contributed by atoms with Crippen molar-refractivity contribution < 1.29 is 24.2 Å². The molecule has 1 heterocycles. The number of guanidine groups is 1. The Morgan fingerprint density at radius 1 is 1.10 bits per heavy atom. The fraction of sp³-hybridized carbons (Fsp3) is 0.500. The summed E-state index contributed by atoms with van der Waals surface area (Å²) in [6.45, 7) is 2.80. The van der Waals surface area contributed by atoms with Crippen molar-refractivity contribution in [1.82, 2.24) is 15.6 Å². The number of carboxylic acid groups (broad SMARTS) is 1. The van der Waals surface area contributed by atoms with Crippen LogP contribution in [0, 0.1) is 0 Å². The second kappa shape index (κ2) is 21.4. The fourth-order valence-corrected chi connectivity index (χ4v) is 3.92. The standard InChI is InChI=1S/C26H40N8O5.3ClH/c1-16(33-21-15-18(39-2)14-17-7-4-12-31-23(17)21)6-3-11-30-22(35)10-9-20(25(37)38)34-24(36)19(27)8-5-13-32-26(28)29;;;/h4,7,12,14-16,19-20,33H,3,5-6,8-11,13,27H2,1-2H3,(H,30,35)(H,34,36)(H,37,38)(H4,28,29,32);3*1H/t16?,19-,20+;;;/m0.../s1. The number of pyridine rings is 1. The number of amides is 2. The van der Waals surface area contributed by atoms with Crippen molar-refractivity contribution in [3.05, 3.63) is 30.5 Å². The van der Waals surface area contributed by atoms with Crippen molar-refractivity contribution in [2.75, 3.05) is 25.5 Å². The molecule has 0 spiro atoms. The van der Waals surface area contributed by atoms with E-state index < -0.39 is 24.0 Å². The highest BCUT2D eigenvalue weighted by Gasteiger charge is 2.23. The molecule has 2 rings (SSSR count). The molecule has 42 heavy (non-hydrogen) atoms. The smallest absolute Gasteiger partial charge is 0.326 e. The highest BCUT2D eigenvalue weighted by atomic mass is 35.5. The molecule has 1 aromatic carbocycles. The zero-order valence-corrected chi connectivity index (χ0v) is 26.2. The average molecular weight is 654 g/mol. The number of fused-ring (bicyclic) bond motifs is 1. The molecule has 0 radical (unpaired) electrons. The van der Waals surface area contributed by atoms with E-state index in [0.29, 0.717) is 25.9 Å². The summed E-state index contributed by atoms with van der Waals surface area (Å²) < 4.78 is 5.39. The van der Waals surface area contributed by atoms with Crippen LogP contribution in [0.1, 0.15) is 45.4 Å². The number of carboxylic acids is 1. The van der Waals surface area contributed by atoms with Crippen LogP contribution in [0.4, 0.5) is 5.69 Å². The number of carbonyl (C=O) groups is 3. The first-order valence-corrected chi connectivity index (χ1v) is 12.9. The molecular weight excluding hydrogens is 611 g/mol. The third kappa shape index (κ3) is 14.6. The third-order valence-electron chi connectivity index (χ3n) is 6.03. The molecule has 16 heteroatoms. The Bertz CT molecular complexity index is 1150. The van der Waals surface area contributed by atoms with E-state index >= 15 is 0 Å². The van der Waals surface area contributed by atoms with Gasteiger partial charge in [0.15, 0.2) is 5.96 Å². The fourth-order valence-electron chi connectivity index (χ4n) is 3.92. The number of benzene rings is 1. The summed E-state index contributed by atoms with van der Waals surface area (Å²) in [6, 6.07) is 5.67. The van der Waals surface area contributed by atoms with Crippen LogP contribution in [-0.2, 0) is 14.4 Å². The lowest BCUT2D eigenvalue weighted by Crippen LogP contribution is -2.48. The third-order valence-corrected chi connectivity index (χ3v) is 6.03. The molecule has 2 amide bonds. The van der Waals surface area contributed by atoms with Crippen molar-refractivity contribution in [1.29, 1.82) is 0 Å². The van der Waals surface area contributed by atoms with Gasteiger partial charge in [0, 0.05) is 43.2 Å². The van der Waals surface area contributed by atoms with Crippen molar-refractivity contribution >= 4 is 77.6 Å². The number of aliphatic carboxylic acids is 1. The van der Waals surface area contributed by atoms with E-state index in [9.17, 15) is 19.5 Å². The van der Waals surface area contributed by atoms with Gasteiger partial charge in [-0.2, -0.15) is 0 Å². The van der Waals surface area contributed by atoms with Crippen LogP contribution in [0.5, 0.6) is 5.75 Å². The number of aliphatic imine (C=N–C) groups is 1. The largest absolute Gasteiger partial charge is 0.497 e. The van der Waals surface area contributed by atoms with E-state index in [-0.39, 0.29) is 74.4 Å². The maximum atomic E-state index is 12.3. The molecule has 0 aliphatic rings. The monoisotopic (exact) mass is 652 g/mol. The number of nitrogens with zero attached hydrogens (tertiary/aromatic N) is 2. The predicted molar refractivity (Wildman–Crippen MR) is 172 cm³/mol. The van der Waals surface area contributed by atoms with Crippen LogP contribution < -0.4 is 37.9 Å². The van der Waals surface area contributed by atoms with Crippen LogP contribution in [0.3, 0.4) is 0 Å². The molecule has 10 N–H and O–H groups in total. The quantitative estimate of drug-likeness (QED) is 0.0747. The maximum absolute atomic E-state index is 12.3. The number of anilines is 1. The molecule has 238 valence electrons. The van der Waals surface area contributed by atoms with E-state index in [0.717, 1.165) is 28.8 Å². The Kier molecular flexibility index (Phi) is 20.9. The molecule has 1 unspecified atom stereocenters. The van der Waals surface area contributed by atoms with Gasteiger partial charge >= 0.3 is 5.97 Å². The summed E-state index contributed by atoms with van der Waals surface area (Å²) in [4.78, 5) is 44.3. The zero-order valence-electron chi connectivity index (χ0n) is 23.7.